The molecular weight excluding hydrogens is 159 g/mol. The summed E-state index contributed by atoms with van der Waals surface area (Å²) in [5.74, 6) is 0. The zero-order valence-electron chi connectivity index (χ0n) is 10.3. The Labute approximate surface area is 97.5 Å². The maximum absolute atomic E-state index is 2.39. The third-order valence-corrected chi connectivity index (χ3v) is 6.93. The second kappa shape index (κ2) is 6.70. The van der Waals surface area contributed by atoms with Crippen LogP contribution in [0.5, 0.6) is 0 Å². The molecule has 64 valence electrons. The topological polar surface area (TPSA) is 0 Å². The van der Waals surface area contributed by atoms with Crippen LogP contribution in [0, 0.1) is 0 Å². The minimum absolute atomic E-state index is 0. The van der Waals surface area contributed by atoms with Gasteiger partial charge in [0.15, 0.2) is 0 Å². The van der Waals surface area contributed by atoms with Crippen molar-refractivity contribution in [1.29, 1.82) is 0 Å². The zero-order valence-corrected chi connectivity index (χ0v) is 12.5. The predicted molar refractivity (Wildman–Crippen MR) is 53.6 cm³/mol. The molecule has 0 amide bonds. The fraction of sp³-hybridized carbons (Fsp3) is 1.00. The molecular formula is C9H23NaSi. The summed E-state index contributed by atoms with van der Waals surface area (Å²) in [5, 5.41) is 0. The Balaban J connectivity index is -0.000000405. The van der Waals surface area contributed by atoms with Gasteiger partial charge in [0, 0.05) is 8.80 Å². The molecule has 0 aromatic rings. The molecule has 0 bridgehead atoms. The summed E-state index contributed by atoms with van der Waals surface area (Å²) >= 11 is 0. The van der Waals surface area contributed by atoms with Gasteiger partial charge in [-0.25, -0.2) is 0 Å². The van der Waals surface area contributed by atoms with E-state index in [0.29, 0.717) is 0 Å². The van der Waals surface area contributed by atoms with E-state index in [4.69, 9.17) is 0 Å². The van der Waals surface area contributed by atoms with Crippen LogP contribution in [0.25, 0.3) is 0 Å². The molecule has 2 heteroatoms. The van der Waals surface area contributed by atoms with Gasteiger partial charge in [-0.2, -0.15) is 0 Å². The Hall–Kier alpha value is 1.22. The Bertz CT molecular complexity index is 75.5. The molecule has 11 heavy (non-hydrogen) atoms. The Morgan fingerprint density at radius 1 is 0.727 bits per heavy atom. The van der Waals surface area contributed by atoms with E-state index in [2.05, 4.69) is 41.5 Å². The first-order chi connectivity index (χ1) is 4.46. The molecule has 0 radical (unpaired) electrons. The molecule has 0 unspecified atom stereocenters. The molecule has 0 saturated carbocycles. The molecule has 0 aromatic heterocycles. The maximum atomic E-state index is 2.39. The summed E-state index contributed by atoms with van der Waals surface area (Å²) in [7, 11) is -0.454. The van der Waals surface area contributed by atoms with Crippen LogP contribution in [0.15, 0.2) is 0 Å². The molecule has 0 rings (SSSR count). The zero-order chi connectivity index (χ0) is 8.31. The SMILES string of the molecule is CC(C)[SiH](C(C)C)C(C)C.[H-].[Na+]. The van der Waals surface area contributed by atoms with Gasteiger partial charge in [0.25, 0.3) is 0 Å². The van der Waals surface area contributed by atoms with E-state index < -0.39 is 8.80 Å². The van der Waals surface area contributed by atoms with Gasteiger partial charge in [0.1, 0.15) is 0 Å². The number of rotatable bonds is 3. The molecule has 0 aliphatic carbocycles. The molecule has 0 spiro atoms. The molecule has 0 N–H and O–H groups in total. The summed E-state index contributed by atoms with van der Waals surface area (Å²) in [6.45, 7) is 14.3. The molecule has 0 aromatic carbocycles. The van der Waals surface area contributed by atoms with Crippen LogP contribution >= 0.6 is 0 Å². The van der Waals surface area contributed by atoms with E-state index in [1.165, 1.54) is 0 Å². The summed E-state index contributed by atoms with van der Waals surface area (Å²) < 4.78 is 0. The number of hydrogen-bond acceptors (Lipinski definition) is 0. The Morgan fingerprint density at radius 3 is 0.909 bits per heavy atom. The fourth-order valence-corrected chi connectivity index (χ4v) is 6.93. The van der Waals surface area contributed by atoms with E-state index in [1.54, 1.807) is 0 Å². The van der Waals surface area contributed by atoms with Gasteiger partial charge in [-0.15, -0.1) is 0 Å². The van der Waals surface area contributed by atoms with Crippen LogP contribution in [0.2, 0.25) is 16.6 Å². The maximum Gasteiger partial charge on any atom is 1.00 e. The van der Waals surface area contributed by atoms with Crippen LogP contribution < -0.4 is 29.6 Å². The van der Waals surface area contributed by atoms with Crippen LogP contribution in [-0.4, -0.2) is 8.80 Å². The quantitative estimate of drug-likeness (QED) is 0.560. The van der Waals surface area contributed by atoms with Crippen LogP contribution in [-0.2, 0) is 0 Å². The van der Waals surface area contributed by atoms with Crippen LogP contribution in [0.1, 0.15) is 43.0 Å². The van der Waals surface area contributed by atoms with Gasteiger partial charge in [-0.3, -0.25) is 0 Å². The Morgan fingerprint density at radius 2 is 0.909 bits per heavy atom. The molecule has 0 fully saturated rings. The number of hydrogen-bond donors (Lipinski definition) is 0. The van der Waals surface area contributed by atoms with Crippen LogP contribution in [0.3, 0.4) is 0 Å². The van der Waals surface area contributed by atoms with E-state index >= 15 is 0 Å². The average Bonchev–Trinajstić information content (AvgIpc) is 1.59. The second-order valence-corrected chi connectivity index (χ2v) is 9.46. The van der Waals surface area contributed by atoms with Gasteiger partial charge in [0.2, 0.25) is 0 Å². The van der Waals surface area contributed by atoms with Crippen molar-refractivity contribution in [2.45, 2.75) is 58.2 Å². The van der Waals surface area contributed by atoms with Gasteiger partial charge in [-0.1, -0.05) is 58.2 Å². The Kier molecular flexibility index (Phi) is 8.97. The predicted octanol–water partition coefficient (Wildman–Crippen LogP) is 0.560. The first kappa shape index (κ1) is 14.7. The average molecular weight is 182 g/mol. The van der Waals surface area contributed by atoms with Gasteiger partial charge in [-0.05, 0) is 0 Å². The van der Waals surface area contributed by atoms with Crippen LogP contribution in [0.4, 0.5) is 0 Å². The minimum atomic E-state index is -0.454. The largest absolute Gasteiger partial charge is 1.00 e. The van der Waals surface area contributed by atoms with Gasteiger partial charge < -0.3 is 1.43 Å². The smallest absolute Gasteiger partial charge is 1.00 e. The molecule has 0 atom stereocenters. The van der Waals surface area contributed by atoms with Crippen molar-refractivity contribution >= 4 is 8.80 Å². The molecule has 0 heterocycles. The van der Waals surface area contributed by atoms with Crippen molar-refractivity contribution in [2.75, 3.05) is 0 Å². The van der Waals surface area contributed by atoms with Crippen molar-refractivity contribution in [3.05, 3.63) is 0 Å². The summed E-state index contributed by atoms with van der Waals surface area (Å²) in [4.78, 5) is 0. The third kappa shape index (κ3) is 5.45. The van der Waals surface area contributed by atoms with Crippen molar-refractivity contribution in [3.8, 4) is 0 Å². The molecule has 0 saturated heterocycles. The monoisotopic (exact) mass is 182 g/mol. The van der Waals surface area contributed by atoms with Crippen molar-refractivity contribution in [1.82, 2.24) is 0 Å². The summed E-state index contributed by atoms with van der Waals surface area (Å²) in [6, 6.07) is 0. The van der Waals surface area contributed by atoms with E-state index in [0.717, 1.165) is 16.6 Å². The standard InChI is InChI=1S/C9H22Si.Na.H/c1-7(2)10(8(3)4)9(5)6;;/h7-10H,1-6H3;;/q;+1;-1. The van der Waals surface area contributed by atoms with Crippen molar-refractivity contribution in [2.24, 2.45) is 0 Å². The molecule has 0 nitrogen and oxygen atoms in total. The summed E-state index contributed by atoms with van der Waals surface area (Å²) in [5.41, 5.74) is 2.92. The third-order valence-electron chi connectivity index (χ3n) is 2.31. The molecule has 0 aliphatic heterocycles. The normalized spacial score (nSPS) is 11.5. The van der Waals surface area contributed by atoms with Crippen molar-refractivity contribution < 1.29 is 31.0 Å². The summed E-state index contributed by atoms with van der Waals surface area (Å²) in [6.07, 6.45) is 0. The van der Waals surface area contributed by atoms with E-state index in [1.807, 2.05) is 0 Å². The van der Waals surface area contributed by atoms with Crippen molar-refractivity contribution in [3.63, 3.8) is 0 Å². The molecule has 0 aliphatic rings. The first-order valence-corrected chi connectivity index (χ1v) is 6.46. The first-order valence-electron chi connectivity index (χ1n) is 4.46. The van der Waals surface area contributed by atoms with Gasteiger partial charge in [0.05, 0.1) is 0 Å². The second-order valence-electron chi connectivity index (χ2n) is 4.31. The fourth-order valence-electron chi connectivity index (χ4n) is 2.31. The minimum Gasteiger partial charge on any atom is -1.00 e. The van der Waals surface area contributed by atoms with E-state index in [9.17, 15) is 0 Å². The van der Waals surface area contributed by atoms with E-state index in [-0.39, 0.29) is 31.0 Å². The van der Waals surface area contributed by atoms with Gasteiger partial charge >= 0.3 is 29.6 Å².